The SMILES string of the molecule is C=C(/N=C(\N=C(/N)c1ccc(CC)cc1)c1ccc(OCC(CC)CCCC)cc1OCC(CC)CCCC)c1ccc(OCC(CC)CCCC)cc1O. The number of aryl methyl sites for hydroxylation is 1. The van der Waals surface area contributed by atoms with Gasteiger partial charge < -0.3 is 25.1 Å². The van der Waals surface area contributed by atoms with Crippen molar-refractivity contribution in [3.05, 3.63) is 89.5 Å². The lowest BCUT2D eigenvalue weighted by Gasteiger charge is -2.20. The summed E-state index contributed by atoms with van der Waals surface area (Å²) in [7, 11) is 0. The van der Waals surface area contributed by atoms with Crippen LogP contribution in [0.4, 0.5) is 0 Å². The second-order valence-corrected chi connectivity index (χ2v) is 14.9. The van der Waals surface area contributed by atoms with Gasteiger partial charge in [-0.25, -0.2) is 9.98 Å². The van der Waals surface area contributed by atoms with E-state index in [1.807, 2.05) is 36.4 Å². The monoisotopic (exact) mass is 754 g/mol. The Morgan fingerprint density at radius 2 is 1.13 bits per heavy atom. The molecule has 0 aromatic heterocycles. The lowest BCUT2D eigenvalue weighted by Crippen LogP contribution is -2.18. The number of amidine groups is 2. The van der Waals surface area contributed by atoms with Crippen molar-refractivity contribution in [2.75, 3.05) is 19.8 Å². The summed E-state index contributed by atoms with van der Waals surface area (Å²) in [6.07, 6.45) is 14.5. The minimum Gasteiger partial charge on any atom is -0.507 e. The Labute approximate surface area is 333 Å². The standard InChI is InChI=1S/C48H71N3O4/c1-9-16-19-37(13-5)32-53-41-26-28-43(45(52)30-41)35(8)50-48(51-47(49)40-24-22-36(12-4)23-25-40)44-29-27-42(54-33-38(14-6)20-17-10-2)31-46(44)55-34-39(15-7)21-18-11-3/h22-31,37-39,52H,8-21,32-34H2,1-7H3,(H2,49,50,51). The number of phenolic OH excluding ortho intramolecular Hbond substituents is 1. The Morgan fingerprint density at radius 1 is 0.636 bits per heavy atom. The molecule has 7 nitrogen and oxygen atoms in total. The molecular weight excluding hydrogens is 683 g/mol. The topological polar surface area (TPSA) is 98.7 Å². The third kappa shape index (κ3) is 15.1. The number of unbranched alkanes of at least 4 members (excludes halogenated alkanes) is 3. The number of hydrogen-bond donors (Lipinski definition) is 2. The second kappa shape index (κ2) is 25.0. The first-order valence-corrected chi connectivity index (χ1v) is 21.3. The highest BCUT2D eigenvalue weighted by molar-refractivity contribution is 6.13. The number of nitrogens with zero attached hydrogens (tertiary/aromatic N) is 2. The van der Waals surface area contributed by atoms with Crippen LogP contribution in [0.1, 0.15) is 148 Å². The molecule has 0 saturated heterocycles. The van der Waals surface area contributed by atoms with Gasteiger partial charge in [-0.2, -0.15) is 0 Å². The zero-order chi connectivity index (χ0) is 40.0. The number of aliphatic imine (C=N–C) groups is 2. The van der Waals surface area contributed by atoms with Crippen LogP contribution in [0.2, 0.25) is 0 Å². The van der Waals surface area contributed by atoms with Gasteiger partial charge in [0.25, 0.3) is 0 Å². The molecule has 302 valence electrons. The van der Waals surface area contributed by atoms with E-state index in [0.717, 1.165) is 69.1 Å². The fraction of sp³-hybridized carbons (Fsp3) is 0.542. The summed E-state index contributed by atoms with van der Waals surface area (Å²) in [6, 6.07) is 19.3. The third-order valence-electron chi connectivity index (χ3n) is 10.7. The van der Waals surface area contributed by atoms with E-state index >= 15 is 0 Å². The summed E-state index contributed by atoms with van der Waals surface area (Å²) < 4.78 is 19.2. The van der Waals surface area contributed by atoms with Crippen LogP contribution < -0.4 is 19.9 Å². The van der Waals surface area contributed by atoms with E-state index in [1.54, 1.807) is 12.1 Å². The summed E-state index contributed by atoms with van der Waals surface area (Å²) in [6.45, 7) is 21.5. The Hall–Kier alpha value is -4.26. The number of rotatable bonds is 26. The summed E-state index contributed by atoms with van der Waals surface area (Å²) in [5.41, 5.74) is 10.2. The Kier molecular flexibility index (Phi) is 20.5. The van der Waals surface area contributed by atoms with Crippen LogP contribution in [-0.4, -0.2) is 36.6 Å². The third-order valence-corrected chi connectivity index (χ3v) is 10.7. The van der Waals surface area contributed by atoms with Gasteiger partial charge in [0, 0.05) is 23.3 Å². The van der Waals surface area contributed by atoms with Crippen LogP contribution >= 0.6 is 0 Å². The van der Waals surface area contributed by atoms with Crippen molar-refractivity contribution >= 4 is 17.4 Å². The van der Waals surface area contributed by atoms with E-state index in [9.17, 15) is 5.11 Å². The van der Waals surface area contributed by atoms with Gasteiger partial charge in [-0.05, 0) is 73.3 Å². The molecular formula is C48H71N3O4. The van der Waals surface area contributed by atoms with Gasteiger partial charge in [0.15, 0.2) is 5.84 Å². The Bertz CT molecular complexity index is 1630. The molecule has 3 aromatic carbocycles. The molecule has 0 bridgehead atoms. The van der Waals surface area contributed by atoms with Gasteiger partial charge >= 0.3 is 0 Å². The lowest BCUT2D eigenvalue weighted by molar-refractivity contribution is 0.223. The smallest absolute Gasteiger partial charge is 0.165 e. The quantitative estimate of drug-likeness (QED) is 0.0628. The molecule has 3 unspecified atom stereocenters. The van der Waals surface area contributed by atoms with E-state index in [1.165, 1.54) is 31.2 Å². The first-order chi connectivity index (χ1) is 26.7. The summed E-state index contributed by atoms with van der Waals surface area (Å²) >= 11 is 0. The van der Waals surface area contributed by atoms with Crippen molar-refractivity contribution in [3.63, 3.8) is 0 Å². The van der Waals surface area contributed by atoms with Crippen molar-refractivity contribution in [2.45, 2.75) is 132 Å². The molecule has 3 rings (SSSR count). The molecule has 55 heavy (non-hydrogen) atoms. The van der Waals surface area contributed by atoms with Crippen LogP contribution in [0.5, 0.6) is 23.0 Å². The summed E-state index contributed by atoms with van der Waals surface area (Å²) in [4.78, 5) is 9.90. The maximum absolute atomic E-state index is 11.2. The molecule has 0 fully saturated rings. The average Bonchev–Trinajstić information content (AvgIpc) is 3.20. The van der Waals surface area contributed by atoms with Gasteiger partial charge in [-0.3, -0.25) is 0 Å². The molecule has 0 spiro atoms. The molecule has 0 aliphatic heterocycles. The van der Waals surface area contributed by atoms with Crippen LogP contribution in [-0.2, 0) is 6.42 Å². The van der Waals surface area contributed by atoms with Crippen LogP contribution in [0.3, 0.4) is 0 Å². The van der Waals surface area contributed by atoms with Crippen molar-refractivity contribution in [2.24, 2.45) is 33.5 Å². The highest BCUT2D eigenvalue weighted by atomic mass is 16.5. The Morgan fingerprint density at radius 3 is 1.60 bits per heavy atom. The van der Waals surface area contributed by atoms with E-state index in [2.05, 4.69) is 67.2 Å². The normalized spacial score (nSPS) is 13.7. The highest BCUT2D eigenvalue weighted by Crippen LogP contribution is 2.33. The number of aromatic hydroxyl groups is 1. The second-order valence-electron chi connectivity index (χ2n) is 14.9. The molecule has 0 radical (unpaired) electrons. The number of benzene rings is 3. The fourth-order valence-electron chi connectivity index (χ4n) is 6.50. The van der Waals surface area contributed by atoms with Crippen LogP contribution in [0.15, 0.2) is 77.2 Å². The number of ether oxygens (including phenoxy) is 3. The largest absolute Gasteiger partial charge is 0.507 e. The average molecular weight is 754 g/mol. The minimum absolute atomic E-state index is 0.0368. The van der Waals surface area contributed by atoms with Gasteiger partial charge in [-0.15, -0.1) is 0 Å². The molecule has 0 amide bonds. The van der Waals surface area contributed by atoms with Crippen LogP contribution in [0.25, 0.3) is 5.70 Å². The van der Waals surface area contributed by atoms with Gasteiger partial charge in [0.1, 0.15) is 28.8 Å². The Balaban J connectivity index is 2.07. The van der Waals surface area contributed by atoms with E-state index in [0.29, 0.717) is 77.6 Å². The predicted molar refractivity (Wildman–Crippen MR) is 233 cm³/mol. The first kappa shape index (κ1) is 45.1. The molecule has 0 aliphatic rings. The maximum atomic E-state index is 11.2. The number of phenols is 1. The molecule has 3 atom stereocenters. The first-order valence-electron chi connectivity index (χ1n) is 21.3. The zero-order valence-electron chi connectivity index (χ0n) is 35.2. The van der Waals surface area contributed by atoms with Gasteiger partial charge in [0.05, 0.1) is 31.1 Å². The van der Waals surface area contributed by atoms with Crippen molar-refractivity contribution in [1.82, 2.24) is 0 Å². The molecule has 0 heterocycles. The minimum atomic E-state index is 0.0368. The summed E-state index contributed by atoms with van der Waals surface area (Å²) in [5.74, 6) is 4.06. The van der Waals surface area contributed by atoms with E-state index in [-0.39, 0.29) is 5.75 Å². The van der Waals surface area contributed by atoms with Gasteiger partial charge in [-0.1, -0.05) is 137 Å². The predicted octanol–water partition coefficient (Wildman–Crippen LogP) is 12.6. The highest BCUT2D eigenvalue weighted by Gasteiger charge is 2.19. The zero-order valence-corrected chi connectivity index (χ0v) is 35.2. The maximum Gasteiger partial charge on any atom is 0.165 e. The van der Waals surface area contributed by atoms with Gasteiger partial charge in [0.2, 0.25) is 0 Å². The number of hydrogen-bond acceptors (Lipinski definition) is 5. The molecule has 0 saturated carbocycles. The van der Waals surface area contributed by atoms with Crippen molar-refractivity contribution in [1.29, 1.82) is 0 Å². The molecule has 0 aliphatic carbocycles. The molecule has 3 aromatic rings. The fourth-order valence-corrected chi connectivity index (χ4v) is 6.50. The number of nitrogens with two attached hydrogens (primary N) is 1. The molecule has 3 N–H and O–H groups in total. The summed E-state index contributed by atoms with van der Waals surface area (Å²) in [5, 5.41) is 11.2. The van der Waals surface area contributed by atoms with E-state index in [4.69, 9.17) is 29.9 Å². The van der Waals surface area contributed by atoms with Crippen molar-refractivity contribution in [3.8, 4) is 23.0 Å². The van der Waals surface area contributed by atoms with Crippen LogP contribution in [0, 0.1) is 17.8 Å². The van der Waals surface area contributed by atoms with Crippen molar-refractivity contribution < 1.29 is 19.3 Å². The lowest BCUT2D eigenvalue weighted by atomic mass is 10.0. The van der Waals surface area contributed by atoms with E-state index < -0.39 is 0 Å². The molecule has 7 heteroatoms.